The average molecular weight is 225 g/mol. The molecule has 1 aromatic rings. The van der Waals surface area contributed by atoms with E-state index < -0.39 is 6.16 Å². The van der Waals surface area contributed by atoms with Crippen LogP contribution in [0.4, 0.5) is 4.79 Å². The van der Waals surface area contributed by atoms with Crippen LogP contribution in [0, 0.1) is 0 Å². The first-order valence-electron chi connectivity index (χ1n) is 5.33. The van der Waals surface area contributed by atoms with E-state index in [0.29, 0.717) is 0 Å². The van der Waals surface area contributed by atoms with Gasteiger partial charge in [-0.15, -0.1) is 0 Å². The summed E-state index contributed by atoms with van der Waals surface area (Å²) >= 11 is 0. The van der Waals surface area contributed by atoms with Gasteiger partial charge < -0.3 is 15.5 Å². The molecule has 0 spiro atoms. The summed E-state index contributed by atoms with van der Waals surface area (Å²) in [4.78, 5) is 8.56. The van der Waals surface area contributed by atoms with Crippen LogP contribution >= 0.6 is 0 Å². The van der Waals surface area contributed by atoms with Crippen molar-refractivity contribution < 1.29 is 15.0 Å². The summed E-state index contributed by atoms with van der Waals surface area (Å²) in [5, 5.41) is 17.3. The molecule has 0 aliphatic heterocycles. The lowest BCUT2D eigenvalue weighted by molar-refractivity contribution is 0.137. The van der Waals surface area contributed by atoms with Gasteiger partial charge in [-0.2, -0.15) is 0 Å². The van der Waals surface area contributed by atoms with Crippen LogP contribution < -0.4 is 5.32 Å². The zero-order valence-electron chi connectivity index (χ0n) is 9.52. The van der Waals surface area contributed by atoms with Crippen molar-refractivity contribution in [1.29, 1.82) is 0 Å². The molecule has 4 heteroatoms. The molecule has 3 N–H and O–H groups in total. The van der Waals surface area contributed by atoms with Crippen LogP contribution in [0.5, 0.6) is 0 Å². The SMILES string of the molecule is CCCCNCc1ccccc1.O=C(O)O. The van der Waals surface area contributed by atoms with Crippen molar-refractivity contribution in [1.82, 2.24) is 5.32 Å². The molecule has 0 radical (unpaired) electrons. The van der Waals surface area contributed by atoms with Crippen molar-refractivity contribution in [3.63, 3.8) is 0 Å². The highest BCUT2D eigenvalue weighted by molar-refractivity contribution is 5.53. The number of benzene rings is 1. The molecule has 0 amide bonds. The molecule has 0 bridgehead atoms. The Morgan fingerprint density at radius 1 is 1.25 bits per heavy atom. The van der Waals surface area contributed by atoms with Gasteiger partial charge >= 0.3 is 6.16 Å². The van der Waals surface area contributed by atoms with Crippen molar-refractivity contribution >= 4 is 6.16 Å². The number of hydrogen-bond donors (Lipinski definition) is 3. The molecule has 0 fully saturated rings. The van der Waals surface area contributed by atoms with Gasteiger partial charge in [0.1, 0.15) is 0 Å². The number of nitrogens with one attached hydrogen (secondary N) is 1. The number of hydrogen-bond acceptors (Lipinski definition) is 2. The Kier molecular flexibility index (Phi) is 9.02. The van der Waals surface area contributed by atoms with E-state index in [0.717, 1.165) is 13.1 Å². The summed E-state index contributed by atoms with van der Waals surface area (Å²) < 4.78 is 0. The second kappa shape index (κ2) is 9.98. The lowest BCUT2D eigenvalue weighted by atomic mass is 10.2. The van der Waals surface area contributed by atoms with Gasteiger partial charge in [-0.05, 0) is 18.5 Å². The predicted octanol–water partition coefficient (Wildman–Crippen LogP) is 2.80. The van der Waals surface area contributed by atoms with Crippen LogP contribution in [0.15, 0.2) is 30.3 Å². The molecule has 0 aliphatic carbocycles. The molecule has 90 valence electrons. The lowest BCUT2D eigenvalue weighted by Crippen LogP contribution is -2.14. The third-order valence-electron chi connectivity index (χ3n) is 1.88. The maximum atomic E-state index is 8.56. The van der Waals surface area contributed by atoms with Gasteiger partial charge in [-0.25, -0.2) is 4.79 Å². The van der Waals surface area contributed by atoms with Gasteiger partial charge in [-0.1, -0.05) is 43.7 Å². The van der Waals surface area contributed by atoms with Crippen molar-refractivity contribution in [2.24, 2.45) is 0 Å². The Hall–Kier alpha value is -1.55. The van der Waals surface area contributed by atoms with Gasteiger partial charge in [0, 0.05) is 6.54 Å². The maximum Gasteiger partial charge on any atom is 0.503 e. The Bertz CT molecular complexity index is 271. The van der Waals surface area contributed by atoms with Crippen LogP contribution in [-0.4, -0.2) is 22.9 Å². The number of carbonyl (C=O) groups is 1. The third kappa shape index (κ3) is 10.5. The van der Waals surface area contributed by atoms with Gasteiger partial charge in [0.2, 0.25) is 0 Å². The van der Waals surface area contributed by atoms with Gasteiger partial charge in [0.15, 0.2) is 0 Å². The number of carboxylic acid groups (broad SMARTS) is 2. The van der Waals surface area contributed by atoms with E-state index in [1.54, 1.807) is 0 Å². The van der Waals surface area contributed by atoms with Gasteiger partial charge in [-0.3, -0.25) is 0 Å². The van der Waals surface area contributed by atoms with Crippen LogP contribution in [0.2, 0.25) is 0 Å². The summed E-state index contributed by atoms with van der Waals surface area (Å²) in [6, 6.07) is 10.5. The summed E-state index contributed by atoms with van der Waals surface area (Å²) in [5.41, 5.74) is 1.37. The normalized spacial score (nSPS) is 9.06. The van der Waals surface area contributed by atoms with E-state index in [2.05, 4.69) is 42.6 Å². The lowest BCUT2D eigenvalue weighted by Gasteiger charge is -2.02. The molecule has 0 aromatic heterocycles. The smallest absolute Gasteiger partial charge is 0.450 e. The first kappa shape index (κ1) is 14.5. The molecular weight excluding hydrogens is 206 g/mol. The van der Waals surface area contributed by atoms with Crippen molar-refractivity contribution in [2.45, 2.75) is 26.3 Å². The molecule has 4 nitrogen and oxygen atoms in total. The summed E-state index contributed by atoms with van der Waals surface area (Å²) in [7, 11) is 0. The largest absolute Gasteiger partial charge is 0.503 e. The number of unbranched alkanes of at least 4 members (excludes halogenated alkanes) is 1. The van der Waals surface area contributed by atoms with E-state index >= 15 is 0 Å². The van der Waals surface area contributed by atoms with E-state index in [1.165, 1.54) is 18.4 Å². The second-order valence-corrected chi connectivity index (χ2v) is 3.30. The van der Waals surface area contributed by atoms with E-state index in [1.807, 2.05) is 0 Å². The molecule has 0 saturated carbocycles. The maximum absolute atomic E-state index is 8.56. The molecule has 0 unspecified atom stereocenters. The van der Waals surface area contributed by atoms with Crippen LogP contribution in [0.1, 0.15) is 25.3 Å². The highest BCUT2D eigenvalue weighted by Gasteiger charge is 1.88. The fourth-order valence-corrected chi connectivity index (χ4v) is 1.13. The molecule has 0 atom stereocenters. The van der Waals surface area contributed by atoms with Gasteiger partial charge in [0.25, 0.3) is 0 Å². The van der Waals surface area contributed by atoms with Crippen LogP contribution in [-0.2, 0) is 6.54 Å². The number of rotatable bonds is 5. The predicted molar refractivity (Wildman–Crippen MR) is 63.7 cm³/mol. The monoisotopic (exact) mass is 225 g/mol. The minimum Gasteiger partial charge on any atom is -0.450 e. The standard InChI is InChI=1S/C11H17N.CH2O3/c1-2-3-9-12-10-11-7-5-4-6-8-11;2-1(3)4/h4-8,12H,2-3,9-10H2,1H3;(H2,2,3,4). The Balaban J connectivity index is 0.000000487. The fraction of sp³-hybridized carbons (Fsp3) is 0.417. The fourth-order valence-electron chi connectivity index (χ4n) is 1.13. The van der Waals surface area contributed by atoms with E-state index in [9.17, 15) is 0 Å². The Morgan fingerprint density at radius 2 is 1.81 bits per heavy atom. The summed E-state index contributed by atoms with van der Waals surface area (Å²) in [6.45, 7) is 4.34. The Morgan fingerprint density at radius 3 is 2.31 bits per heavy atom. The topological polar surface area (TPSA) is 69.6 Å². The zero-order chi connectivity index (χ0) is 12.2. The van der Waals surface area contributed by atoms with Crippen molar-refractivity contribution in [3.05, 3.63) is 35.9 Å². The first-order chi connectivity index (χ1) is 7.66. The molecule has 16 heavy (non-hydrogen) atoms. The highest BCUT2D eigenvalue weighted by atomic mass is 16.6. The van der Waals surface area contributed by atoms with Crippen LogP contribution in [0.3, 0.4) is 0 Å². The molecular formula is C12H19NO3. The van der Waals surface area contributed by atoms with E-state index in [-0.39, 0.29) is 0 Å². The van der Waals surface area contributed by atoms with Crippen LogP contribution in [0.25, 0.3) is 0 Å². The highest BCUT2D eigenvalue weighted by Crippen LogP contribution is 1.97. The minimum atomic E-state index is -1.83. The summed E-state index contributed by atoms with van der Waals surface area (Å²) in [6.07, 6.45) is 0.703. The van der Waals surface area contributed by atoms with Crippen molar-refractivity contribution in [2.75, 3.05) is 6.54 Å². The quantitative estimate of drug-likeness (QED) is 0.674. The second-order valence-electron chi connectivity index (χ2n) is 3.30. The summed E-state index contributed by atoms with van der Waals surface area (Å²) in [5.74, 6) is 0. The first-order valence-corrected chi connectivity index (χ1v) is 5.33. The van der Waals surface area contributed by atoms with E-state index in [4.69, 9.17) is 15.0 Å². The minimum absolute atomic E-state index is 1.00. The molecule has 0 aliphatic rings. The van der Waals surface area contributed by atoms with Gasteiger partial charge in [0.05, 0.1) is 0 Å². The molecule has 1 aromatic carbocycles. The zero-order valence-corrected chi connectivity index (χ0v) is 9.52. The molecule has 0 heterocycles. The molecule has 0 saturated heterocycles. The van der Waals surface area contributed by atoms with Crippen molar-refractivity contribution in [3.8, 4) is 0 Å². The average Bonchev–Trinajstić information content (AvgIpc) is 2.25. The third-order valence-corrected chi connectivity index (χ3v) is 1.88. The Labute approximate surface area is 95.9 Å². The molecule has 1 rings (SSSR count).